The molecule has 6 nitrogen and oxygen atoms in total. The molecule has 0 bridgehead atoms. The lowest BCUT2D eigenvalue weighted by Crippen LogP contribution is -2.58. The minimum Gasteiger partial charge on any atom is -0.347 e. The molecular formula is C21H23N3O3. The molecule has 1 aliphatic heterocycles. The topological polar surface area (TPSA) is 71.4 Å². The van der Waals surface area contributed by atoms with Crippen LogP contribution in [-0.2, 0) is 16.1 Å². The lowest BCUT2D eigenvalue weighted by molar-refractivity contribution is -0.132. The summed E-state index contributed by atoms with van der Waals surface area (Å²) in [6.07, 6.45) is 8.29. The van der Waals surface area contributed by atoms with Gasteiger partial charge in [0.1, 0.15) is 5.57 Å². The summed E-state index contributed by atoms with van der Waals surface area (Å²) in [5, 5.41) is 3.33. The second-order valence-corrected chi connectivity index (χ2v) is 7.17. The van der Waals surface area contributed by atoms with Gasteiger partial charge in [-0.3, -0.25) is 19.8 Å². The molecule has 0 atom stereocenters. The van der Waals surface area contributed by atoms with E-state index in [1.165, 1.54) is 4.90 Å². The molecule has 2 aromatic rings. The van der Waals surface area contributed by atoms with E-state index in [4.69, 9.17) is 0 Å². The number of urea groups is 1. The number of amides is 4. The number of hydrogen-bond donors (Lipinski definition) is 1. The van der Waals surface area contributed by atoms with Crippen molar-refractivity contribution in [1.82, 2.24) is 14.8 Å². The number of nitrogens with zero attached hydrogens (tertiary/aromatic N) is 2. The van der Waals surface area contributed by atoms with Gasteiger partial charge in [0, 0.05) is 35.2 Å². The molecule has 1 N–H and O–H groups in total. The predicted molar refractivity (Wildman–Crippen MR) is 103 cm³/mol. The first kappa shape index (κ1) is 17.5. The first-order chi connectivity index (χ1) is 13.1. The highest BCUT2D eigenvalue weighted by Crippen LogP contribution is 2.28. The van der Waals surface area contributed by atoms with Crippen LogP contribution in [0.5, 0.6) is 0 Å². The van der Waals surface area contributed by atoms with Gasteiger partial charge in [-0.2, -0.15) is 0 Å². The van der Waals surface area contributed by atoms with Crippen LogP contribution in [0.2, 0.25) is 0 Å². The zero-order chi connectivity index (χ0) is 19.0. The van der Waals surface area contributed by atoms with Crippen LogP contribution >= 0.6 is 0 Å². The van der Waals surface area contributed by atoms with Gasteiger partial charge in [0.05, 0.1) is 0 Å². The van der Waals surface area contributed by atoms with Crippen LogP contribution < -0.4 is 5.32 Å². The Kier molecular flexibility index (Phi) is 4.56. The van der Waals surface area contributed by atoms with Gasteiger partial charge in [-0.05, 0) is 31.9 Å². The number of carbonyl (C=O) groups excluding carboxylic acids is 3. The van der Waals surface area contributed by atoms with Crippen LogP contribution in [0.4, 0.5) is 4.79 Å². The molecule has 140 valence electrons. The lowest BCUT2D eigenvalue weighted by atomic mass is 9.93. The molecule has 0 spiro atoms. The van der Waals surface area contributed by atoms with Gasteiger partial charge < -0.3 is 4.57 Å². The molecule has 6 heteroatoms. The van der Waals surface area contributed by atoms with Crippen molar-refractivity contribution < 1.29 is 14.4 Å². The molecule has 1 saturated heterocycles. The first-order valence-electron chi connectivity index (χ1n) is 9.58. The molecule has 1 aromatic carbocycles. The maximum Gasteiger partial charge on any atom is 0.331 e. The highest BCUT2D eigenvalue weighted by Gasteiger charge is 2.40. The van der Waals surface area contributed by atoms with Gasteiger partial charge in [-0.25, -0.2) is 4.79 Å². The third-order valence-electron chi connectivity index (χ3n) is 5.53. The van der Waals surface area contributed by atoms with Gasteiger partial charge in [0.15, 0.2) is 0 Å². The van der Waals surface area contributed by atoms with E-state index in [-0.39, 0.29) is 11.6 Å². The summed E-state index contributed by atoms with van der Waals surface area (Å²) < 4.78 is 2.08. The fraction of sp³-hybridized carbons (Fsp3) is 0.381. The summed E-state index contributed by atoms with van der Waals surface area (Å²) in [6, 6.07) is 7.17. The molecule has 0 unspecified atom stereocenters. The van der Waals surface area contributed by atoms with E-state index in [9.17, 15) is 14.4 Å². The van der Waals surface area contributed by atoms with E-state index in [1.807, 2.05) is 37.4 Å². The van der Waals surface area contributed by atoms with Crippen molar-refractivity contribution >= 4 is 34.8 Å². The smallest absolute Gasteiger partial charge is 0.331 e. The summed E-state index contributed by atoms with van der Waals surface area (Å²) in [5.74, 6) is -1.10. The number of aromatic nitrogens is 1. The fourth-order valence-electron chi connectivity index (χ4n) is 4.15. The summed E-state index contributed by atoms with van der Waals surface area (Å²) in [7, 11) is 0. The van der Waals surface area contributed by atoms with Crippen molar-refractivity contribution in [1.29, 1.82) is 0 Å². The number of fused-ring (bicyclic) bond motifs is 1. The Bertz CT molecular complexity index is 951. The van der Waals surface area contributed by atoms with Gasteiger partial charge in [-0.15, -0.1) is 0 Å². The number of imide groups is 2. The third kappa shape index (κ3) is 3.05. The highest BCUT2D eigenvalue weighted by atomic mass is 16.2. The zero-order valence-electron chi connectivity index (χ0n) is 15.4. The molecule has 4 amide bonds. The summed E-state index contributed by atoms with van der Waals surface area (Å²) >= 11 is 0. The Labute approximate surface area is 157 Å². The number of hydrogen-bond acceptors (Lipinski definition) is 3. The van der Waals surface area contributed by atoms with Crippen LogP contribution in [0, 0.1) is 0 Å². The standard InChI is InChI=1S/C21H23N3O3/c1-2-23-13-14(16-10-6-7-11-18(16)23)12-17-19(25)22-21(27)24(20(17)26)15-8-4-3-5-9-15/h6-7,10-13,15H,2-5,8-9H2,1H3,(H,22,25,27)/b17-12+. The molecule has 4 rings (SSSR count). The quantitative estimate of drug-likeness (QED) is 0.669. The average molecular weight is 365 g/mol. The number of para-hydroxylation sites is 1. The van der Waals surface area contributed by atoms with E-state index in [1.54, 1.807) is 6.08 Å². The van der Waals surface area contributed by atoms with Crippen LogP contribution in [0.1, 0.15) is 44.6 Å². The van der Waals surface area contributed by atoms with Crippen molar-refractivity contribution in [2.45, 2.75) is 51.6 Å². The Morgan fingerprint density at radius 2 is 1.85 bits per heavy atom. The minimum atomic E-state index is -0.620. The maximum absolute atomic E-state index is 13.0. The number of benzene rings is 1. The SMILES string of the molecule is CCn1cc(/C=C2\C(=O)NC(=O)N(C3CCCCC3)C2=O)c2ccccc21. The van der Waals surface area contributed by atoms with E-state index in [2.05, 4.69) is 9.88 Å². The van der Waals surface area contributed by atoms with E-state index in [0.717, 1.165) is 55.1 Å². The average Bonchev–Trinajstić information content (AvgIpc) is 3.04. The van der Waals surface area contributed by atoms with Crippen molar-refractivity contribution in [2.24, 2.45) is 0 Å². The molecule has 2 fully saturated rings. The maximum atomic E-state index is 13.0. The second-order valence-electron chi connectivity index (χ2n) is 7.17. The van der Waals surface area contributed by atoms with Crippen LogP contribution in [-0.4, -0.2) is 33.4 Å². The van der Waals surface area contributed by atoms with Gasteiger partial charge in [-0.1, -0.05) is 37.5 Å². The van der Waals surface area contributed by atoms with Crippen molar-refractivity contribution in [3.8, 4) is 0 Å². The van der Waals surface area contributed by atoms with Gasteiger partial charge in [0.25, 0.3) is 11.8 Å². The molecule has 27 heavy (non-hydrogen) atoms. The van der Waals surface area contributed by atoms with E-state index >= 15 is 0 Å². The summed E-state index contributed by atoms with van der Waals surface area (Å²) in [4.78, 5) is 39.0. The minimum absolute atomic E-state index is 0.0270. The van der Waals surface area contributed by atoms with Crippen LogP contribution in [0.3, 0.4) is 0 Å². The predicted octanol–water partition coefficient (Wildman–Crippen LogP) is 3.46. The molecular weight excluding hydrogens is 342 g/mol. The number of aryl methyl sites for hydroxylation is 1. The normalized spacial score (nSPS) is 20.6. The lowest BCUT2D eigenvalue weighted by Gasteiger charge is -2.35. The molecule has 1 saturated carbocycles. The molecule has 2 heterocycles. The number of rotatable bonds is 3. The van der Waals surface area contributed by atoms with Crippen molar-refractivity contribution in [3.05, 3.63) is 41.6 Å². The Balaban J connectivity index is 1.74. The molecule has 1 aromatic heterocycles. The summed E-state index contributed by atoms with van der Waals surface area (Å²) in [6.45, 7) is 2.84. The largest absolute Gasteiger partial charge is 0.347 e. The summed E-state index contributed by atoms with van der Waals surface area (Å²) in [5.41, 5.74) is 1.89. The molecule has 1 aliphatic carbocycles. The molecule has 0 radical (unpaired) electrons. The Hall–Kier alpha value is -2.89. The third-order valence-corrected chi connectivity index (χ3v) is 5.53. The van der Waals surface area contributed by atoms with Gasteiger partial charge in [0.2, 0.25) is 0 Å². The first-order valence-corrected chi connectivity index (χ1v) is 9.58. The number of nitrogens with one attached hydrogen (secondary N) is 1. The Morgan fingerprint density at radius 3 is 2.59 bits per heavy atom. The van der Waals surface area contributed by atoms with E-state index < -0.39 is 17.8 Å². The van der Waals surface area contributed by atoms with Crippen LogP contribution in [0.15, 0.2) is 36.0 Å². The monoisotopic (exact) mass is 365 g/mol. The number of barbiturate groups is 1. The highest BCUT2D eigenvalue weighted by molar-refractivity contribution is 6.31. The van der Waals surface area contributed by atoms with Crippen LogP contribution in [0.25, 0.3) is 17.0 Å². The zero-order valence-corrected chi connectivity index (χ0v) is 15.4. The van der Waals surface area contributed by atoms with Gasteiger partial charge >= 0.3 is 6.03 Å². The molecule has 2 aliphatic rings. The Morgan fingerprint density at radius 1 is 1.11 bits per heavy atom. The van der Waals surface area contributed by atoms with Crippen molar-refractivity contribution in [2.75, 3.05) is 0 Å². The number of carbonyl (C=O) groups is 3. The van der Waals surface area contributed by atoms with E-state index in [0.29, 0.717) is 0 Å². The second kappa shape index (κ2) is 7.02. The van der Waals surface area contributed by atoms with Crippen molar-refractivity contribution in [3.63, 3.8) is 0 Å². The fourth-order valence-corrected chi connectivity index (χ4v) is 4.15.